The zero-order chi connectivity index (χ0) is 13.0. The maximum atomic E-state index is 5.02. The summed E-state index contributed by atoms with van der Waals surface area (Å²) in [7, 11) is 1.68. The standard InChI is InChI=1S/C13H18N4O/c1-10-4-5-12(8-15-10)17-9-11(2)16-13(17)14-6-7-18-3/h4-5,8-9H,6-7H2,1-3H3,(H,14,16). The number of hydrogen-bond acceptors (Lipinski definition) is 4. The highest BCUT2D eigenvalue weighted by atomic mass is 16.5. The van der Waals surface area contributed by atoms with Crippen LogP contribution >= 0.6 is 0 Å². The van der Waals surface area contributed by atoms with Crippen LogP contribution in [0.25, 0.3) is 5.69 Å². The fourth-order valence-electron chi connectivity index (χ4n) is 1.69. The fraction of sp³-hybridized carbons (Fsp3) is 0.385. The Morgan fingerprint density at radius 2 is 2.11 bits per heavy atom. The molecule has 0 saturated carbocycles. The first-order valence-corrected chi connectivity index (χ1v) is 5.92. The molecule has 0 saturated heterocycles. The van der Waals surface area contributed by atoms with Gasteiger partial charge < -0.3 is 10.1 Å². The molecule has 0 aliphatic rings. The van der Waals surface area contributed by atoms with Crippen LogP contribution in [0.5, 0.6) is 0 Å². The summed E-state index contributed by atoms with van der Waals surface area (Å²) >= 11 is 0. The molecule has 0 bridgehead atoms. The van der Waals surface area contributed by atoms with Crippen LogP contribution in [-0.2, 0) is 4.74 Å². The maximum Gasteiger partial charge on any atom is 0.207 e. The lowest BCUT2D eigenvalue weighted by Crippen LogP contribution is -2.11. The fourth-order valence-corrected chi connectivity index (χ4v) is 1.69. The van der Waals surface area contributed by atoms with Crippen LogP contribution in [0.1, 0.15) is 11.4 Å². The van der Waals surface area contributed by atoms with Crippen molar-refractivity contribution in [3.8, 4) is 5.69 Å². The number of pyridine rings is 1. The third-order valence-corrected chi connectivity index (χ3v) is 2.59. The van der Waals surface area contributed by atoms with Gasteiger partial charge in [-0.2, -0.15) is 0 Å². The first-order valence-electron chi connectivity index (χ1n) is 5.92. The van der Waals surface area contributed by atoms with Crippen LogP contribution in [0.2, 0.25) is 0 Å². The Bertz CT molecular complexity index is 504. The Hall–Kier alpha value is -1.88. The molecule has 0 atom stereocenters. The van der Waals surface area contributed by atoms with Crippen LogP contribution in [0, 0.1) is 13.8 Å². The smallest absolute Gasteiger partial charge is 0.207 e. The van der Waals surface area contributed by atoms with Crippen molar-refractivity contribution in [2.45, 2.75) is 13.8 Å². The van der Waals surface area contributed by atoms with Crippen LogP contribution in [0.4, 0.5) is 5.95 Å². The SMILES string of the molecule is COCCNc1nc(C)cn1-c1ccc(C)nc1. The van der Waals surface area contributed by atoms with Gasteiger partial charge in [0.15, 0.2) is 0 Å². The molecular weight excluding hydrogens is 228 g/mol. The molecule has 96 valence electrons. The highest BCUT2D eigenvalue weighted by molar-refractivity contribution is 5.42. The first-order chi connectivity index (χ1) is 8.70. The quantitative estimate of drug-likeness (QED) is 0.819. The number of methoxy groups -OCH3 is 1. The predicted octanol–water partition coefficient (Wildman–Crippen LogP) is 1.94. The van der Waals surface area contributed by atoms with Gasteiger partial charge in [0.1, 0.15) is 0 Å². The molecule has 2 rings (SSSR count). The molecule has 0 aliphatic heterocycles. The third kappa shape index (κ3) is 2.87. The summed E-state index contributed by atoms with van der Waals surface area (Å²) in [6, 6.07) is 4.02. The van der Waals surface area contributed by atoms with Gasteiger partial charge in [-0.25, -0.2) is 4.98 Å². The summed E-state index contributed by atoms with van der Waals surface area (Å²) in [5, 5.41) is 3.25. The monoisotopic (exact) mass is 246 g/mol. The van der Waals surface area contributed by atoms with E-state index in [2.05, 4.69) is 15.3 Å². The number of ether oxygens (including phenoxy) is 1. The maximum absolute atomic E-state index is 5.02. The van der Waals surface area contributed by atoms with E-state index in [4.69, 9.17) is 4.74 Å². The Kier molecular flexibility index (Phi) is 3.94. The number of imidazole rings is 1. The number of nitrogens with one attached hydrogen (secondary N) is 1. The van der Waals surface area contributed by atoms with E-state index < -0.39 is 0 Å². The summed E-state index contributed by atoms with van der Waals surface area (Å²) < 4.78 is 7.02. The molecule has 0 spiro atoms. The normalized spacial score (nSPS) is 10.6. The molecule has 0 aromatic carbocycles. The summed E-state index contributed by atoms with van der Waals surface area (Å²) in [5.74, 6) is 0.815. The molecule has 2 heterocycles. The molecule has 2 aromatic heterocycles. The van der Waals surface area contributed by atoms with Crippen molar-refractivity contribution < 1.29 is 4.74 Å². The molecule has 0 unspecified atom stereocenters. The van der Waals surface area contributed by atoms with Crippen molar-refractivity contribution in [3.63, 3.8) is 0 Å². The summed E-state index contributed by atoms with van der Waals surface area (Å²) in [5.41, 5.74) is 2.97. The van der Waals surface area contributed by atoms with Crippen molar-refractivity contribution in [3.05, 3.63) is 35.9 Å². The number of aromatic nitrogens is 3. The molecule has 0 radical (unpaired) electrons. The minimum atomic E-state index is 0.651. The number of aryl methyl sites for hydroxylation is 2. The van der Waals surface area contributed by atoms with Gasteiger partial charge in [0.05, 0.1) is 24.2 Å². The van der Waals surface area contributed by atoms with Gasteiger partial charge in [-0.1, -0.05) is 0 Å². The molecule has 18 heavy (non-hydrogen) atoms. The highest BCUT2D eigenvalue weighted by Crippen LogP contribution is 2.15. The van der Waals surface area contributed by atoms with Crippen molar-refractivity contribution >= 4 is 5.95 Å². The third-order valence-electron chi connectivity index (χ3n) is 2.59. The topological polar surface area (TPSA) is 52.0 Å². The van der Waals surface area contributed by atoms with Crippen molar-refractivity contribution in [2.75, 3.05) is 25.6 Å². The molecule has 2 aromatic rings. The van der Waals surface area contributed by atoms with E-state index >= 15 is 0 Å². The Labute approximate surface area is 107 Å². The van der Waals surface area contributed by atoms with E-state index in [1.807, 2.05) is 42.9 Å². The van der Waals surface area contributed by atoms with Crippen LogP contribution in [-0.4, -0.2) is 34.8 Å². The van der Waals surface area contributed by atoms with E-state index in [-0.39, 0.29) is 0 Å². The van der Waals surface area contributed by atoms with Crippen molar-refractivity contribution in [1.82, 2.24) is 14.5 Å². The lowest BCUT2D eigenvalue weighted by atomic mass is 10.3. The number of anilines is 1. The van der Waals surface area contributed by atoms with Gasteiger partial charge in [0.25, 0.3) is 0 Å². The second-order valence-corrected chi connectivity index (χ2v) is 4.15. The zero-order valence-corrected chi connectivity index (χ0v) is 11.0. The predicted molar refractivity (Wildman–Crippen MR) is 71.2 cm³/mol. The van der Waals surface area contributed by atoms with E-state index in [1.54, 1.807) is 7.11 Å². The average molecular weight is 246 g/mol. The van der Waals surface area contributed by atoms with Crippen LogP contribution in [0.15, 0.2) is 24.5 Å². The Morgan fingerprint density at radius 1 is 1.28 bits per heavy atom. The lowest BCUT2D eigenvalue weighted by Gasteiger charge is -2.09. The summed E-state index contributed by atoms with van der Waals surface area (Å²) in [4.78, 5) is 8.75. The summed E-state index contributed by atoms with van der Waals surface area (Å²) in [6.45, 7) is 5.32. The molecule has 5 nitrogen and oxygen atoms in total. The van der Waals surface area contributed by atoms with Gasteiger partial charge in [0.2, 0.25) is 5.95 Å². The zero-order valence-electron chi connectivity index (χ0n) is 11.0. The summed E-state index contributed by atoms with van der Waals surface area (Å²) in [6.07, 6.45) is 3.83. The van der Waals surface area contributed by atoms with Crippen molar-refractivity contribution in [1.29, 1.82) is 0 Å². The van der Waals surface area contributed by atoms with E-state index in [1.165, 1.54) is 0 Å². The molecule has 0 fully saturated rings. The largest absolute Gasteiger partial charge is 0.383 e. The second kappa shape index (κ2) is 5.64. The van der Waals surface area contributed by atoms with Crippen LogP contribution in [0.3, 0.4) is 0 Å². The number of nitrogens with zero attached hydrogens (tertiary/aromatic N) is 3. The lowest BCUT2D eigenvalue weighted by molar-refractivity contribution is 0.210. The Morgan fingerprint density at radius 3 is 2.78 bits per heavy atom. The molecule has 1 N–H and O–H groups in total. The second-order valence-electron chi connectivity index (χ2n) is 4.15. The molecule has 0 amide bonds. The minimum Gasteiger partial charge on any atom is -0.383 e. The minimum absolute atomic E-state index is 0.651. The van der Waals surface area contributed by atoms with E-state index in [9.17, 15) is 0 Å². The van der Waals surface area contributed by atoms with Gasteiger partial charge in [-0.05, 0) is 26.0 Å². The molecule has 0 aliphatic carbocycles. The molecule has 5 heteroatoms. The molecular formula is C13H18N4O. The Balaban J connectivity index is 2.23. The number of hydrogen-bond donors (Lipinski definition) is 1. The highest BCUT2D eigenvalue weighted by Gasteiger charge is 2.07. The van der Waals surface area contributed by atoms with Gasteiger partial charge in [-0.15, -0.1) is 0 Å². The van der Waals surface area contributed by atoms with Crippen molar-refractivity contribution in [2.24, 2.45) is 0 Å². The number of rotatable bonds is 5. The average Bonchev–Trinajstić information content (AvgIpc) is 2.72. The van der Waals surface area contributed by atoms with Gasteiger partial charge in [-0.3, -0.25) is 9.55 Å². The van der Waals surface area contributed by atoms with Gasteiger partial charge >= 0.3 is 0 Å². The van der Waals surface area contributed by atoms with E-state index in [0.717, 1.165) is 29.6 Å². The van der Waals surface area contributed by atoms with Crippen LogP contribution < -0.4 is 5.32 Å². The first kappa shape index (κ1) is 12.6. The van der Waals surface area contributed by atoms with Gasteiger partial charge in [0, 0.05) is 25.5 Å². The van der Waals surface area contributed by atoms with E-state index in [0.29, 0.717) is 6.61 Å².